The Hall–Kier alpha value is -1.52. The van der Waals surface area contributed by atoms with Crippen LogP contribution in [-0.4, -0.2) is 13.1 Å². The summed E-state index contributed by atoms with van der Waals surface area (Å²) in [4.78, 5) is 10.7. The van der Waals surface area contributed by atoms with Gasteiger partial charge in [0, 0.05) is 6.07 Å². The van der Waals surface area contributed by atoms with Crippen LogP contribution in [0.4, 0.5) is 13.2 Å². The monoisotopic (exact) mass is 190 g/mol. The molecule has 0 N–H and O–H groups in total. The lowest BCUT2D eigenvalue weighted by Crippen LogP contribution is -2.06. The topological polar surface area (TPSA) is 26.3 Å². The average Bonchev–Trinajstić information content (AvgIpc) is 2.10. The summed E-state index contributed by atoms with van der Waals surface area (Å²) >= 11 is 0. The molecule has 0 aromatic heterocycles. The van der Waals surface area contributed by atoms with Crippen molar-refractivity contribution in [2.75, 3.05) is 7.11 Å². The van der Waals surface area contributed by atoms with Crippen LogP contribution in [0.2, 0.25) is 0 Å². The van der Waals surface area contributed by atoms with Crippen LogP contribution >= 0.6 is 0 Å². The third-order valence-corrected chi connectivity index (χ3v) is 1.40. The number of carbonyl (C=O) groups excluding carboxylic acids is 1. The SMILES string of the molecule is COC(=O)c1cc(F)cc(F)c1F. The Labute approximate surface area is 71.9 Å². The van der Waals surface area contributed by atoms with E-state index in [1.807, 2.05) is 0 Å². The third-order valence-electron chi connectivity index (χ3n) is 1.40. The highest BCUT2D eigenvalue weighted by atomic mass is 19.2. The molecule has 13 heavy (non-hydrogen) atoms. The molecule has 1 aromatic rings. The smallest absolute Gasteiger partial charge is 0.341 e. The summed E-state index contributed by atoms with van der Waals surface area (Å²) in [5.74, 6) is -4.97. The fourth-order valence-corrected chi connectivity index (χ4v) is 0.814. The minimum atomic E-state index is -1.42. The maximum atomic E-state index is 12.8. The fourth-order valence-electron chi connectivity index (χ4n) is 0.814. The van der Waals surface area contributed by atoms with E-state index in [9.17, 15) is 18.0 Å². The molecule has 0 saturated carbocycles. The van der Waals surface area contributed by atoms with Gasteiger partial charge in [-0.05, 0) is 6.07 Å². The van der Waals surface area contributed by atoms with E-state index >= 15 is 0 Å². The second-order valence-corrected chi connectivity index (χ2v) is 2.24. The van der Waals surface area contributed by atoms with Gasteiger partial charge in [-0.2, -0.15) is 0 Å². The predicted octanol–water partition coefficient (Wildman–Crippen LogP) is 1.89. The molecular formula is C8H5F3O2. The first-order valence-corrected chi connectivity index (χ1v) is 3.29. The number of hydrogen-bond acceptors (Lipinski definition) is 2. The molecule has 0 bridgehead atoms. The quantitative estimate of drug-likeness (QED) is 0.499. The Morgan fingerprint density at radius 2 is 1.92 bits per heavy atom. The van der Waals surface area contributed by atoms with Gasteiger partial charge in [0.2, 0.25) is 0 Å². The van der Waals surface area contributed by atoms with Crippen LogP contribution in [-0.2, 0) is 4.74 Å². The Bertz CT molecular complexity index is 349. The number of hydrogen-bond donors (Lipinski definition) is 0. The lowest BCUT2D eigenvalue weighted by molar-refractivity contribution is 0.0593. The van der Waals surface area contributed by atoms with Crippen molar-refractivity contribution >= 4 is 5.97 Å². The van der Waals surface area contributed by atoms with E-state index in [4.69, 9.17) is 0 Å². The van der Waals surface area contributed by atoms with Crippen molar-refractivity contribution in [3.63, 3.8) is 0 Å². The fraction of sp³-hybridized carbons (Fsp3) is 0.125. The van der Waals surface area contributed by atoms with E-state index in [0.717, 1.165) is 7.11 Å². The molecule has 5 heteroatoms. The van der Waals surface area contributed by atoms with Crippen molar-refractivity contribution in [1.82, 2.24) is 0 Å². The Balaban J connectivity index is 3.28. The molecule has 0 radical (unpaired) electrons. The summed E-state index contributed by atoms with van der Waals surface area (Å²) in [6.45, 7) is 0. The summed E-state index contributed by atoms with van der Waals surface area (Å²) < 4.78 is 41.9. The van der Waals surface area contributed by atoms with Crippen LogP contribution < -0.4 is 0 Å². The molecule has 2 nitrogen and oxygen atoms in total. The summed E-state index contributed by atoms with van der Waals surface area (Å²) in [6, 6.07) is 0.923. The lowest BCUT2D eigenvalue weighted by atomic mass is 10.2. The van der Waals surface area contributed by atoms with E-state index in [1.54, 1.807) is 0 Å². The summed E-state index contributed by atoms with van der Waals surface area (Å²) in [5, 5.41) is 0. The van der Waals surface area contributed by atoms with Gasteiger partial charge in [-0.3, -0.25) is 0 Å². The van der Waals surface area contributed by atoms with E-state index < -0.39 is 29.0 Å². The van der Waals surface area contributed by atoms with Crippen LogP contribution in [0.15, 0.2) is 12.1 Å². The van der Waals surface area contributed by atoms with E-state index in [2.05, 4.69) is 4.74 Å². The highest BCUT2D eigenvalue weighted by Crippen LogP contribution is 2.14. The first kappa shape index (κ1) is 9.57. The molecule has 0 atom stereocenters. The number of carbonyl (C=O) groups is 1. The third kappa shape index (κ3) is 1.80. The van der Waals surface area contributed by atoms with Gasteiger partial charge < -0.3 is 4.74 Å². The molecule has 0 amide bonds. The highest BCUT2D eigenvalue weighted by Gasteiger charge is 2.17. The number of halogens is 3. The number of benzene rings is 1. The van der Waals surface area contributed by atoms with Crippen molar-refractivity contribution < 1.29 is 22.7 Å². The number of methoxy groups -OCH3 is 1. The number of ether oxygens (including phenoxy) is 1. The summed E-state index contributed by atoms with van der Waals surface area (Å²) in [5.41, 5.74) is -0.750. The molecule has 0 aliphatic rings. The minimum absolute atomic E-state index is 0.349. The second kappa shape index (κ2) is 3.47. The predicted molar refractivity (Wildman–Crippen MR) is 37.7 cm³/mol. The van der Waals surface area contributed by atoms with Crippen molar-refractivity contribution in [3.8, 4) is 0 Å². The first-order valence-electron chi connectivity index (χ1n) is 3.29. The van der Waals surface area contributed by atoms with E-state index in [0.29, 0.717) is 12.1 Å². The van der Waals surface area contributed by atoms with Gasteiger partial charge in [-0.25, -0.2) is 18.0 Å². The molecule has 0 aliphatic heterocycles. The van der Waals surface area contributed by atoms with Crippen molar-refractivity contribution in [2.45, 2.75) is 0 Å². The normalized spacial score (nSPS) is 9.85. The first-order chi connectivity index (χ1) is 6.06. The van der Waals surface area contributed by atoms with Crippen LogP contribution in [0.5, 0.6) is 0 Å². The Kier molecular flexibility index (Phi) is 2.55. The van der Waals surface area contributed by atoms with Gasteiger partial charge in [0.25, 0.3) is 0 Å². The Morgan fingerprint density at radius 1 is 1.31 bits per heavy atom. The van der Waals surface area contributed by atoms with Gasteiger partial charge in [0.15, 0.2) is 11.6 Å². The molecule has 0 spiro atoms. The molecular weight excluding hydrogens is 185 g/mol. The zero-order chi connectivity index (χ0) is 10.0. The average molecular weight is 190 g/mol. The van der Waals surface area contributed by atoms with Gasteiger partial charge >= 0.3 is 5.97 Å². The zero-order valence-corrected chi connectivity index (χ0v) is 6.61. The largest absolute Gasteiger partial charge is 0.465 e. The molecule has 1 aromatic carbocycles. The second-order valence-electron chi connectivity index (χ2n) is 2.24. The molecule has 1 rings (SSSR count). The highest BCUT2D eigenvalue weighted by molar-refractivity contribution is 5.89. The number of esters is 1. The van der Waals surface area contributed by atoms with Gasteiger partial charge in [0.1, 0.15) is 11.4 Å². The molecule has 70 valence electrons. The lowest BCUT2D eigenvalue weighted by Gasteiger charge is -2.01. The van der Waals surface area contributed by atoms with Crippen LogP contribution in [0.25, 0.3) is 0 Å². The van der Waals surface area contributed by atoms with Crippen LogP contribution in [0.1, 0.15) is 10.4 Å². The van der Waals surface area contributed by atoms with Gasteiger partial charge in [-0.15, -0.1) is 0 Å². The summed E-state index contributed by atoms with van der Waals surface area (Å²) in [6.07, 6.45) is 0. The molecule has 0 aliphatic carbocycles. The van der Waals surface area contributed by atoms with Crippen LogP contribution in [0.3, 0.4) is 0 Å². The van der Waals surface area contributed by atoms with Gasteiger partial charge in [-0.1, -0.05) is 0 Å². The molecule has 0 fully saturated rings. The maximum Gasteiger partial charge on any atom is 0.341 e. The van der Waals surface area contributed by atoms with Crippen molar-refractivity contribution in [2.24, 2.45) is 0 Å². The zero-order valence-electron chi connectivity index (χ0n) is 6.61. The van der Waals surface area contributed by atoms with Crippen molar-refractivity contribution in [3.05, 3.63) is 35.1 Å². The minimum Gasteiger partial charge on any atom is -0.465 e. The van der Waals surface area contributed by atoms with Gasteiger partial charge in [0.05, 0.1) is 7.11 Å². The Morgan fingerprint density at radius 3 is 2.46 bits per heavy atom. The van der Waals surface area contributed by atoms with E-state index in [-0.39, 0.29) is 0 Å². The van der Waals surface area contributed by atoms with Crippen molar-refractivity contribution in [1.29, 1.82) is 0 Å². The number of rotatable bonds is 1. The van der Waals surface area contributed by atoms with E-state index in [1.165, 1.54) is 0 Å². The maximum absolute atomic E-state index is 12.8. The summed E-state index contributed by atoms with van der Waals surface area (Å²) in [7, 11) is 0.991. The molecule has 0 saturated heterocycles. The molecule has 0 unspecified atom stereocenters. The standard InChI is InChI=1S/C8H5F3O2/c1-13-8(12)5-2-4(9)3-6(10)7(5)11/h2-3H,1H3. The van der Waals surface area contributed by atoms with Crippen LogP contribution in [0, 0.1) is 17.5 Å². The molecule has 0 heterocycles.